The quantitative estimate of drug-likeness (QED) is 0.909. The van der Waals surface area contributed by atoms with E-state index in [-0.39, 0.29) is 17.9 Å². The summed E-state index contributed by atoms with van der Waals surface area (Å²) in [6, 6.07) is 5.94. The number of carbonyl (C=O) groups is 1. The van der Waals surface area contributed by atoms with Gasteiger partial charge in [-0.2, -0.15) is 0 Å². The Morgan fingerprint density at radius 1 is 1.33 bits per heavy atom. The Balaban J connectivity index is 1.62. The minimum Gasteiger partial charge on any atom is -0.489 e. The van der Waals surface area contributed by atoms with Crippen LogP contribution in [0.1, 0.15) is 31.2 Å². The van der Waals surface area contributed by atoms with Gasteiger partial charge in [-0.15, -0.1) is 0 Å². The number of nitrogens with zero attached hydrogens (tertiary/aromatic N) is 1. The van der Waals surface area contributed by atoms with Crippen molar-refractivity contribution in [2.45, 2.75) is 38.3 Å². The number of hydrogen-bond donors (Lipinski definition) is 1. The number of likely N-dealkylation sites (tertiary alicyclic amines) is 1. The van der Waals surface area contributed by atoms with E-state index in [9.17, 15) is 4.79 Å². The molecule has 2 aliphatic rings. The minimum absolute atomic E-state index is 0.0402. The van der Waals surface area contributed by atoms with E-state index in [4.69, 9.17) is 22.1 Å². The lowest BCUT2D eigenvalue weighted by atomic mass is 9.82. The zero-order chi connectivity index (χ0) is 14.8. The van der Waals surface area contributed by atoms with Gasteiger partial charge in [0, 0.05) is 12.5 Å². The van der Waals surface area contributed by atoms with Gasteiger partial charge in [0.05, 0.1) is 5.02 Å². The molecule has 0 aromatic heterocycles. The molecule has 1 heterocycles. The monoisotopic (exact) mass is 308 g/mol. The summed E-state index contributed by atoms with van der Waals surface area (Å²) in [4.78, 5) is 13.4. The summed E-state index contributed by atoms with van der Waals surface area (Å²) in [6.07, 6.45) is 3.99. The van der Waals surface area contributed by atoms with Crippen LogP contribution in [0, 0.1) is 5.92 Å². The Labute approximate surface area is 130 Å². The molecule has 1 aromatic carbocycles. The summed E-state index contributed by atoms with van der Waals surface area (Å²) in [7, 11) is 0. The topological polar surface area (TPSA) is 55.6 Å². The molecule has 1 aromatic rings. The van der Waals surface area contributed by atoms with E-state index in [1.807, 2.05) is 12.1 Å². The van der Waals surface area contributed by atoms with Crippen LogP contribution in [-0.4, -0.2) is 30.0 Å². The molecule has 1 saturated carbocycles. The highest BCUT2D eigenvalue weighted by Crippen LogP contribution is 2.35. The fourth-order valence-electron chi connectivity index (χ4n) is 3.02. The van der Waals surface area contributed by atoms with Gasteiger partial charge < -0.3 is 10.5 Å². The largest absolute Gasteiger partial charge is 0.489 e. The van der Waals surface area contributed by atoms with Crippen molar-refractivity contribution in [1.29, 1.82) is 0 Å². The van der Waals surface area contributed by atoms with E-state index in [1.54, 1.807) is 0 Å². The molecule has 2 N–H and O–H groups in total. The molecule has 4 nitrogen and oxygen atoms in total. The van der Waals surface area contributed by atoms with E-state index < -0.39 is 0 Å². The highest BCUT2D eigenvalue weighted by molar-refractivity contribution is 6.32. The van der Waals surface area contributed by atoms with Crippen molar-refractivity contribution in [3.63, 3.8) is 0 Å². The third-order valence-corrected chi connectivity index (χ3v) is 4.86. The molecule has 114 valence electrons. The normalized spacial score (nSPS) is 25.6. The molecular weight excluding hydrogens is 288 g/mol. The maximum atomic E-state index is 11.0. The van der Waals surface area contributed by atoms with Crippen molar-refractivity contribution >= 4 is 17.5 Å². The summed E-state index contributed by atoms with van der Waals surface area (Å²) in [6.45, 7) is 3.17. The number of carbonyl (C=O) groups excluding carboxylic acids is 1. The highest BCUT2D eigenvalue weighted by Gasteiger charge is 2.35. The van der Waals surface area contributed by atoms with Gasteiger partial charge in [-0.25, -0.2) is 0 Å². The van der Waals surface area contributed by atoms with Crippen LogP contribution in [0.5, 0.6) is 5.75 Å². The summed E-state index contributed by atoms with van der Waals surface area (Å²) in [5.74, 6) is 0.451. The van der Waals surface area contributed by atoms with E-state index in [0.717, 1.165) is 30.9 Å². The van der Waals surface area contributed by atoms with Gasteiger partial charge in [0.1, 0.15) is 11.9 Å². The predicted octanol–water partition coefficient (Wildman–Crippen LogP) is 2.58. The maximum Gasteiger partial charge on any atom is 0.220 e. The predicted molar refractivity (Wildman–Crippen MR) is 82.3 cm³/mol. The van der Waals surface area contributed by atoms with Crippen molar-refractivity contribution in [3.8, 4) is 5.75 Å². The number of hydrogen-bond acceptors (Lipinski definition) is 3. The van der Waals surface area contributed by atoms with Crippen molar-refractivity contribution < 1.29 is 9.53 Å². The van der Waals surface area contributed by atoms with Crippen molar-refractivity contribution in [3.05, 3.63) is 28.8 Å². The number of amides is 1. The molecule has 0 spiro atoms. The molecule has 2 fully saturated rings. The third kappa shape index (κ3) is 3.33. The highest BCUT2D eigenvalue weighted by atomic mass is 35.5. The van der Waals surface area contributed by atoms with Crippen LogP contribution in [0.2, 0.25) is 5.02 Å². The fraction of sp³-hybridized carbons (Fsp3) is 0.562. The number of primary amides is 1. The van der Waals surface area contributed by atoms with Gasteiger partial charge in [0.15, 0.2) is 0 Å². The molecule has 1 aliphatic heterocycles. The zero-order valence-corrected chi connectivity index (χ0v) is 12.8. The summed E-state index contributed by atoms with van der Waals surface area (Å²) >= 11 is 6.47. The first-order valence-corrected chi connectivity index (χ1v) is 7.97. The molecular formula is C16H21ClN2O2. The Morgan fingerprint density at radius 3 is 2.71 bits per heavy atom. The summed E-state index contributed by atoms with van der Waals surface area (Å²) < 4.78 is 5.91. The van der Waals surface area contributed by atoms with Crippen LogP contribution < -0.4 is 10.5 Å². The van der Waals surface area contributed by atoms with E-state index in [2.05, 4.69) is 11.0 Å². The third-order valence-electron chi connectivity index (χ3n) is 4.43. The van der Waals surface area contributed by atoms with Crippen LogP contribution >= 0.6 is 11.6 Å². The molecule has 5 heteroatoms. The summed E-state index contributed by atoms with van der Waals surface area (Å²) in [5.41, 5.74) is 6.39. The molecule has 0 radical (unpaired) electrons. The SMILES string of the molecule is NC(=O)C1CC(Oc2cccc(CN3CCCC3)c2Cl)C1. The Morgan fingerprint density at radius 2 is 2.05 bits per heavy atom. The van der Waals surface area contributed by atoms with Crippen molar-refractivity contribution in [2.75, 3.05) is 13.1 Å². The van der Waals surface area contributed by atoms with Crippen LogP contribution in [0.4, 0.5) is 0 Å². The number of ether oxygens (including phenoxy) is 1. The lowest BCUT2D eigenvalue weighted by Crippen LogP contribution is -2.41. The molecule has 1 amide bonds. The molecule has 0 atom stereocenters. The van der Waals surface area contributed by atoms with E-state index in [0.29, 0.717) is 17.9 Å². The molecule has 0 unspecified atom stereocenters. The number of halogens is 1. The number of nitrogens with two attached hydrogens (primary N) is 1. The molecule has 3 rings (SSSR count). The molecule has 21 heavy (non-hydrogen) atoms. The lowest BCUT2D eigenvalue weighted by molar-refractivity contribution is -0.127. The first-order valence-electron chi connectivity index (χ1n) is 7.59. The van der Waals surface area contributed by atoms with Gasteiger partial charge in [-0.05, 0) is 50.4 Å². The van der Waals surface area contributed by atoms with E-state index >= 15 is 0 Å². The minimum atomic E-state index is -0.233. The van der Waals surface area contributed by atoms with Crippen LogP contribution in [0.3, 0.4) is 0 Å². The Hall–Kier alpha value is -1.26. The van der Waals surface area contributed by atoms with Gasteiger partial charge in [-0.3, -0.25) is 9.69 Å². The zero-order valence-electron chi connectivity index (χ0n) is 12.1. The van der Waals surface area contributed by atoms with Crippen molar-refractivity contribution in [2.24, 2.45) is 11.7 Å². The standard InChI is InChI=1S/C16H21ClN2O2/c17-15-11(10-19-6-1-2-7-19)4-3-5-14(15)21-13-8-12(9-13)16(18)20/h3-5,12-13H,1-2,6-10H2,(H2,18,20). The second-order valence-electron chi connectivity index (χ2n) is 6.02. The molecule has 1 saturated heterocycles. The van der Waals surface area contributed by atoms with Crippen LogP contribution in [0.25, 0.3) is 0 Å². The fourth-order valence-corrected chi connectivity index (χ4v) is 3.26. The molecule has 0 bridgehead atoms. The lowest BCUT2D eigenvalue weighted by Gasteiger charge is -2.33. The number of benzene rings is 1. The average molecular weight is 309 g/mol. The van der Waals surface area contributed by atoms with E-state index in [1.165, 1.54) is 12.8 Å². The average Bonchev–Trinajstić information content (AvgIpc) is 2.89. The Bertz CT molecular complexity index is 523. The summed E-state index contributed by atoms with van der Waals surface area (Å²) in [5, 5.41) is 0.701. The first-order chi connectivity index (χ1) is 10.1. The molecule has 1 aliphatic carbocycles. The van der Waals surface area contributed by atoms with Crippen LogP contribution in [0.15, 0.2) is 18.2 Å². The second kappa shape index (κ2) is 6.24. The van der Waals surface area contributed by atoms with Gasteiger partial charge in [0.25, 0.3) is 0 Å². The second-order valence-corrected chi connectivity index (χ2v) is 6.40. The van der Waals surface area contributed by atoms with Crippen molar-refractivity contribution in [1.82, 2.24) is 4.90 Å². The Kier molecular flexibility index (Phi) is 4.36. The first kappa shape index (κ1) is 14.7. The smallest absolute Gasteiger partial charge is 0.220 e. The van der Waals surface area contributed by atoms with Gasteiger partial charge in [-0.1, -0.05) is 23.7 Å². The van der Waals surface area contributed by atoms with Gasteiger partial charge in [0.2, 0.25) is 5.91 Å². The van der Waals surface area contributed by atoms with Gasteiger partial charge >= 0.3 is 0 Å². The maximum absolute atomic E-state index is 11.0. The number of rotatable bonds is 5. The van der Waals surface area contributed by atoms with Crippen LogP contribution in [-0.2, 0) is 11.3 Å².